The highest BCUT2D eigenvalue weighted by molar-refractivity contribution is 8.09. The van der Waals surface area contributed by atoms with E-state index in [1.165, 1.54) is 32.7 Å². The molecule has 4 aromatic carbocycles. The lowest BCUT2D eigenvalue weighted by Crippen LogP contribution is -2.46. The number of terminal acetylenes is 3. The highest BCUT2D eigenvalue weighted by atomic mass is 32.5. The first-order valence-corrected chi connectivity index (χ1v) is 36.2. The first kappa shape index (κ1) is 76.8. The number of hydrogen-bond donors (Lipinski definition) is 15. The second kappa shape index (κ2) is 31.6. The van der Waals surface area contributed by atoms with Gasteiger partial charge in [0.25, 0.3) is 16.7 Å². The maximum atomic E-state index is 13.4. The molecule has 9 heterocycles. The summed E-state index contributed by atoms with van der Waals surface area (Å²) in [6, 6.07) is 34.8. The number of H-pyrrole nitrogens is 3. The van der Waals surface area contributed by atoms with Crippen LogP contribution in [0.2, 0.25) is 0 Å². The molecule has 35 nitrogen and oxygen atoms in total. The Bertz CT molecular complexity index is 5220. The van der Waals surface area contributed by atoms with Crippen LogP contribution in [-0.4, -0.2) is 198 Å². The molecule has 108 heavy (non-hydrogen) atoms. The molecular weight excluding hydrogens is 1440 g/mol. The number of hydrogen-bond acceptors (Lipinski definition) is 29. The Kier molecular flexibility index (Phi) is 22.5. The van der Waals surface area contributed by atoms with Crippen LogP contribution in [0.15, 0.2) is 149 Å². The minimum atomic E-state index is -3.50. The zero-order valence-electron chi connectivity index (χ0n) is 57.5. The second-order valence-electron chi connectivity index (χ2n) is 25.6. The summed E-state index contributed by atoms with van der Waals surface area (Å²) in [6.07, 6.45) is 12.4. The number of methoxy groups -OCH3 is 1. The Hall–Kier alpha value is -10.8. The largest absolute Gasteiger partial charge is 0.497 e. The van der Waals surface area contributed by atoms with Gasteiger partial charge in [0.05, 0.1) is 45.9 Å². The molecule has 1 unspecified atom stereocenters. The summed E-state index contributed by atoms with van der Waals surface area (Å²) in [4.78, 5) is 82.5. The van der Waals surface area contributed by atoms with Crippen molar-refractivity contribution in [3.05, 3.63) is 182 Å². The molecule has 6 aromatic heterocycles. The fraction of sp³-hybridized carbons (Fsp3) is 0.352. The predicted molar refractivity (Wildman–Crippen MR) is 391 cm³/mol. The maximum absolute atomic E-state index is 13.4. The lowest BCUT2D eigenvalue weighted by atomic mass is 9.77. The van der Waals surface area contributed by atoms with Gasteiger partial charge in [-0.3, -0.25) is 47.8 Å². The molecule has 1 aliphatic carbocycles. The Labute approximate surface area is 618 Å². The first-order chi connectivity index (χ1) is 51.8. The third-order valence-electron chi connectivity index (χ3n) is 18.8. The minimum absolute atomic E-state index is 0.0156. The molecule has 3 saturated heterocycles. The average molecular weight is 1520 g/mol. The van der Waals surface area contributed by atoms with Crippen LogP contribution < -0.4 is 47.8 Å². The van der Waals surface area contributed by atoms with Crippen molar-refractivity contribution in [2.75, 3.05) is 43.7 Å². The monoisotopic (exact) mass is 1520 g/mol. The first-order valence-electron chi connectivity index (χ1n) is 33.6. The number of benzene rings is 4. The SMILES string of the molecule is C#C[C@@]1(O)[C@H](O)[C@@H](CO)O[C@H]1n1cnc2c(=O)[nH]c(N)nc21.C#C[C@@]1(O)[C@H](O)[C@@H](CO)O[C@H]1n1cnc2c(=O)[nH]c(NC(c3ccccc3)(c3ccccc3)c3ccc(OC)cc3)nc21.C#C[C@@]1(O)[C@H](O)[C@@H](COP(=S)(N[C@@H](C)C(=O)OC2CCCCC2)Oc2ccccc2)O[C@H]1n1cnc2c(=O)[nH]c(N)nc21. The number of aromatic amines is 3. The van der Waals surface area contributed by atoms with Crippen molar-refractivity contribution < 1.29 is 78.4 Å². The summed E-state index contributed by atoms with van der Waals surface area (Å²) in [7, 11) is 1.60. The molecule has 3 aliphatic heterocycles. The number of aliphatic hydroxyl groups is 8. The van der Waals surface area contributed by atoms with E-state index in [1.54, 1.807) is 44.4 Å². The van der Waals surface area contributed by atoms with Gasteiger partial charge in [0.15, 0.2) is 69.0 Å². The van der Waals surface area contributed by atoms with Gasteiger partial charge >= 0.3 is 12.6 Å². The molecule has 0 radical (unpaired) electrons. The Morgan fingerprint density at radius 1 is 0.630 bits per heavy atom. The molecule has 37 heteroatoms. The number of nitrogens with two attached hydrogens (primary N) is 2. The second-order valence-corrected chi connectivity index (χ2v) is 28.7. The Morgan fingerprint density at radius 2 is 1.04 bits per heavy atom. The fourth-order valence-electron chi connectivity index (χ4n) is 13.2. The third-order valence-corrected chi connectivity index (χ3v) is 21.3. The number of rotatable bonds is 20. The topological polar surface area (TPSA) is 510 Å². The van der Waals surface area contributed by atoms with Crippen molar-refractivity contribution >= 4 is 75.8 Å². The third kappa shape index (κ3) is 14.6. The normalized spacial score (nSPS) is 25.6. The molecule has 564 valence electrons. The van der Waals surface area contributed by atoms with Crippen molar-refractivity contribution in [3.8, 4) is 48.5 Å². The smallest absolute Gasteiger partial charge is 0.323 e. The summed E-state index contributed by atoms with van der Waals surface area (Å²) < 4.78 is 44.0. The van der Waals surface area contributed by atoms with Crippen molar-refractivity contribution in [3.63, 3.8) is 0 Å². The lowest BCUT2D eigenvalue weighted by Gasteiger charge is -2.37. The molecule has 10 aromatic rings. The number of carbonyl (C=O) groups excluding carboxylic acids is 1. The molecule has 4 fully saturated rings. The Balaban J connectivity index is 0.000000159. The van der Waals surface area contributed by atoms with Gasteiger partial charge in [0.1, 0.15) is 65.8 Å². The standard InChI is InChI=1S/C32H29N5O6.C27H33N6O8PS.C12H13N5O5/c1-3-31(41)26(39)24(18-38)43-29(31)37-19-33-25-27(37)34-30(35-28(25)40)36-32(20-10-6-4-7-11-20,21-12-8-5-9-13-21)22-14-16-23(42-2)17-15-22;1-3-27(37)21(34)19(40-25(27)33-15-29-20-22(33)30-26(28)31-23(20)35)14-38-42(43,41-18-12-8-5-9-13-18)32-16(2)24(36)39-17-10-6-4-7-11-17;1-2-12(21)7(19)5(3-18)22-10(12)17-4-14-6-8(17)15-11(13)16-9(6)20/h1,4-17,19,24,26,29,38-39,41H,18H2,2H3,(H2,34,35,36,40);1,5,8-9,12-13,15-17,19,21,25,34,37H,4,6-7,10-11,14H2,2H3,(H,32,43)(H3,28,30,31,35);1,4-5,7,10,18-19,21H,3H2,(H3,13,15,16,20)/t24-,26-,29-,31-;16-,19+,21+,25+,27+,42?;5-,7-,10-,12-/m101/s1. The number of nitrogens with zero attached hydrogens (tertiary/aromatic N) is 9. The van der Waals surface area contributed by atoms with E-state index < -0.39 is 133 Å². The van der Waals surface area contributed by atoms with Gasteiger partial charge in [-0.05, 0) is 85.4 Å². The van der Waals surface area contributed by atoms with Gasteiger partial charge in [0, 0.05) is 0 Å². The van der Waals surface area contributed by atoms with Gasteiger partial charge in [0.2, 0.25) is 17.8 Å². The van der Waals surface area contributed by atoms with Gasteiger partial charge in [-0.25, -0.2) is 20.0 Å². The highest BCUT2D eigenvalue weighted by Gasteiger charge is 2.59. The minimum Gasteiger partial charge on any atom is -0.497 e. The van der Waals surface area contributed by atoms with E-state index in [4.69, 9.17) is 80.3 Å². The summed E-state index contributed by atoms with van der Waals surface area (Å²) in [6.45, 7) is -3.44. The van der Waals surface area contributed by atoms with Gasteiger partial charge < -0.3 is 90.4 Å². The molecule has 17 N–H and O–H groups in total. The van der Waals surface area contributed by atoms with Crippen LogP contribution >= 0.6 is 6.64 Å². The van der Waals surface area contributed by atoms with Crippen molar-refractivity contribution in [2.45, 2.75) is 129 Å². The number of anilines is 3. The molecule has 14 atom stereocenters. The number of imidazole rings is 3. The van der Waals surface area contributed by atoms with Crippen LogP contribution in [0.1, 0.15) is 74.4 Å². The van der Waals surface area contributed by atoms with Gasteiger partial charge in [-0.1, -0.05) is 115 Å². The van der Waals surface area contributed by atoms with Gasteiger partial charge in [-0.2, -0.15) is 15.0 Å². The van der Waals surface area contributed by atoms with Crippen LogP contribution in [0, 0.1) is 37.0 Å². The molecule has 4 aliphatic rings. The highest BCUT2D eigenvalue weighted by Crippen LogP contribution is 2.49. The molecule has 1 saturated carbocycles. The molecule has 0 bridgehead atoms. The summed E-state index contributed by atoms with van der Waals surface area (Å²) in [5.74, 6) is 6.74. The van der Waals surface area contributed by atoms with Crippen LogP contribution in [0.5, 0.6) is 11.5 Å². The maximum Gasteiger partial charge on any atom is 0.323 e. The van der Waals surface area contributed by atoms with Crippen LogP contribution in [-0.2, 0) is 45.6 Å². The zero-order valence-corrected chi connectivity index (χ0v) is 59.3. The van der Waals surface area contributed by atoms with E-state index in [0.29, 0.717) is 11.5 Å². The number of carbonyl (C=O) groups is 1. The Morgan fingerprint density at radius 3 is 1.47 bits per heavy atom. The van der Waals surface area contributed by atoms with E-state index in [1.807, 2.05) is 84.9 Å². The fourth-order valence-corrected chi connectivity index (χ4v) is 15.6. The number of nitrogens with one attached hydrogen (secondary N) is 5. The average Bonchev–Trinajstić information content (AvgIpc) is 1.37. The number of aromatic nitrogens is 12. The number of para-hydroxylation sites is 1. The van der Waals surface area contributed by atoms with E-state index in [2.05, 4.69) is 68.0 Å². The van der Waals surface area contributed by atoms with E-state index >= 15 is 0 Å². The van der Waals surface area contributed by atoms with Crippen molar-refractivity contribution in [2.24, 2.45) is 0 Å². The molecule has 14 rings (SSSR count). The summed E-state index contributed by atoms with van der Waals surface area (Å²) in [5.41, 5.74) is 4.24. The number of nitrogen functional groups attached to an aromatic ring is 2. The number of aliphatic hydroxyl groups excluding tert-OH is 5. The van der Waals surface area contributed by atoms with E-state index in [9.17, 15) is 60.0 Å². The van der Waals surface area contributed by atoms with Gasteiger partial charge in [-0.15, -0.1) is 19.3 Å². The van der Waals surface area contributed by atoms with E-state index in [-0.39, 0.29) is 57.4 Å². The number of fused-ring (bicyclic) bond motifs is 3. The zero-order chi connectivity index (χ0) is 77.0. The number of esters is 1. The summed E-state index contributed by atoms with van der Waals surface area (Å²) in [5, 5.41) is 90.1. The van der Waals surface area contributed by atoms with Crippen molar-refractivity contribution in [1.82, 2.24) is 63.6 Å². The molecule has 0 spiro atoms. The molecule has 0 amide bonds. The van der Waals surface area contributed by atoms with Crippen LogP contribution in [0.4, 0.5) is 17.8 Å². The predicted octanol–water partition coefficient (Wildman–Crippen LogP) is 0.962. The number of ether oxygens (including phenoxy) is 5. The van der Waals surface area contributed by atoms with Crippen LogP contribution in [0.3, 0.4) is 0 Å². The van der Waals surface area contributed by atoms with Crippen LogP contribution in [0.25, 0.3) is 33.5 Å². The van der Waals surface area contributed by atoms with E-state index in [0.717, 1.165) is 48.8 Å². The summed E-state index contributed by atoms with van der Waals surface area (Å²) >= 11 is 5.77. The quantitative estimate of drug-likeness (QED) is 0.0219. The molecular formula is C71H75N16O19PS. The lowest BCUT2D eigenvalue weighted by molar-refractivity contribution is -0.152. The van der Waals surface area contributed by atoms with Crippen molar-refractivity contribution in [1.29, 1.82) is 0 Å².